The van der Waals surface area contributed by atoms with E-state index in [9.17, 15) is 18.0 Å². The Morgan fingerprint density at radius 2 is 1.72 bits per heavy atom. The molecule has 3 aromatic rings. The van der Waals surface area contributed by atoms with Gasteiger partial charge in [0.2, 0.25) is 0 Å². The number of benzene rings is 1. The minimum absolute atomic E-state index is 0.0376. The number of anilines is 2. The van der Waals surface area contributed by atoms with E-state index in [1.807, 2.05) is 11.9 Å². The van der Waals surface area contributed by atoms with Crippen molar-refractivity contribution >= 4 is 17.5 Å². The molecule has 0 unspecified atom stereocenters. The Bertz CT molecular complexity index is 1270. The Balaban J connectivity index is 1.43. The van der Waals surface area contributed by atoms with E-state index >= 15 is 0 Å². The summed E-state index contributed by atoms with van der Waals surface area (Å²) in [6.07, 6.45) is -1.28. The highest BCUT2D eigenvalue weighted by Gasteiger charge is 2.34. The molecule has 0 bridgehead atoms. The number of aryl methyl sites for hydroxylation is 1. The normalized spacial score (nSPS) is 14.7. The molecule has 3 heterocycles. The molecule has 188 valence electrons. The summed E-state index contributed by atoms with van der Waals surface area (Å²) < 4.78 is 42.9. The number of rotatable bonds is 4. The van der Waals surface area contributed by atoms with E-state index < -0.39 is 17.8 Å². The van der Waals surface area contributed by atoms with Crippen LogP contribution in [0, 0.1) is 11.8 Å². The van der Waals surface area contributed by atoms with E-state index in [1.165, 1.54) is 16.8 Å². The van der Waals surface area contributed by atoms with Crippen molar-refractivity contribution in [2.75, 3.05) is 43.9 Å². The summed E-state index contributed by atoms with van der Waals surface area (Å²) in [6, 6.07) is 8.27. The SMILES string of the molecule is CN1CCN(Cc2ccc(NC(=O)Nc3cc(C#Cc4ccncc4)n(C)n3)cc2C(F)(F)F)CC1. The number of hydrogen-bond acceptors (Lipinski definition) is 5. The van der Waals surface area contributed by atoms with Crippen LogP contribution < -0.4 is 10.6 Å². The summed E-state index contributed by atoms with van der Waals surface area (Å²) >= 11 is 0. The molecule has 2 amide bonds. The molecule has 8 nitrogen and oxygen atoms in total. The number of urea groups is 1. The molecule has 11 heteroatoms. The Morgan fingerprint density at radius 3 is 2.42 bits per heavy atom. The summed E-state index contributed by atoms with van der Waals surface area (Å²) in [5.74, 6) is 6.15. The van der Waals surface area contributed by atoms with Gasteiger partial charge in [0.05, 0.1) is 5.56 Å². The first-order valence-electron chi connectivity index (χ1n) is 11.3. The molecular weight excluding hydrogens is 471 g/mol. The van der Waals surface area contributed by atoms with Gasteiger partial charge in [-0.25, -0.2) is 4.79 Å². The second kappa shape index (κ2) is 10.8. The first-order valence-corrected chi connectivity index (χ1v) is 11.3. The molecule has 0 radical (unpaired) electrons. The van der Waals surface area contributed by atoms with Gasteiger partial charge in [-0.3, -0.25) is 19.9 Å². The number of nitrogens with one attached hydrogen (secondary N) is 2. The van der Waals surface area contributed by atoms with E-state index in [0.29, 0.717) is 18.8 Å². The summed E-state index contributed by atoms with van der Waals surface area (Å²) in [5, 5.41) is 9.19. The Morgan fingerprint density at radius 1 is 1.00 bits per heavy atom. The number of aromatic nitrogens is 3. The van der Waals surface area contributed by atoms with Gasteiger partial charge in [-0.2, -0.15) is 18.3 Å². The van der Waals surface area contributed by atoms with Gasteiger partial charge in [0, 0.05) is 69.5 Å². The fourth-order valence-corrected chi connectivity index (χ4v) is 3.80. The van der Waals surface area contributed by atoms with Crippen LogP contribution in [0.4, 0.5) is 29.5 Å². The predicted molar refractivity (Wildman–Crippen MR) is 130 cm³/mol. The van der Waals surface area contributed by atoms with Crippen molar-refractivity contribution in [1.29, 1.82) is 0 Å². The maximum atomic E-state index is 13.8. The molecular formula is C25H26F3N7O. The van der Waals surface area contributed by atoms with Crippen molar-refractivity contribution in [2.24, 2.45) is 7.05 Å². The van der Waals surface area contributed by atoms with Gasteiger partial charge < -0.3 is 10.2 Å². The number of nitrogens with zero attached hydrogens (tertiary/aromatic N) is 5. The summed E-state index contributed by atoms with van der Waals surface area (Å²) in [6.45, 7) is 3.23. The lowest BCUT2D eigenvalue weighted by Crippen LogP contribution is -2.44. The minimum atomic E-state index is -4.54. The van der Waals surface area contributed by atoms with Gasteiger partial charge >= 0.3 is 12.2 Å². The van der Waals surface area contributed by atoms with Crippen LogP contribution in [0.2, 0.25) is 0 Å². The monoisotopic (exact) mass is 497 g/mol. The number of amides is 2. The van der Waals surface area contributed by atoms with E-state index in [0.717, 1.165) is 24.7 Å². The molecule has 0 atom stereocenters. The Kier molecular flexibility index (Phi) is 7.57. The van der Waals surface area contributed by atoms with Gasteiger partial charge in [-0.15, -0.1) is 0 Å². The van der Waals surface area contributed by atoms with Crippen molar-refractivity contribution in [3.05, 3.63) is 71.2 Å². The average Bonchev–Trinajstić information content (AvgIpc) is 3.18. The van der Waals surface area contributed by atoms with Crippen LogP contribution in [0.15, 0.2) is 48.8 Å². The second-order valence-corrected chi connectivity index (χ2v) is 8.55. The number of carbonyl (C=O) groups excluding carboxylic acids is 1. The third kappa shape index (κ3) is 6.62. The zero-order valence-corrected chi connectivity index (χ0v) is 19.9. The van der Waals surface area contributed by atoms with Crippen LogP contribution in [0.25, 0.3) is 0 Å². The second-order valence-electron chi connectivity index (χ2n) is 8.55. The zero-order chi connectivity index (χ0) is 25.7. The smallest absolute Gasteiger partial charge is 0.308 e. The zero-order valence-electron chi connectivity index (χ0n) is 19.9. The molecule has 1 fully saturated rings. The highest BCUT2D eigenvalue weighted by molar-refractivity contribution is 5.99. The maximum Gasteiger partial charge on any atom is 0.416 e. The molecule has 2 aromatic heterocycles. The molecule has 0 spiro atoms. The van der Waals surface area contributed by atoms with Crippen molar-refractivity contribution in [1.82, 2.24) is 24.6 Å². The number of hydrogen-bond donors (Lipinski definition) is 2. The lowest BCUT2D eigenvalue weighted by molar-refractivity contribution is -0.138. The molecule has 1 saturated heterocycles. The average molecular weight is 498 g/mol. The lowest BCUT2D eigenvalue weighted by atomic mass is 10.0. The van der Waals surface area contributed by atoms with Crippen LogP contribution in [-0.2, 0) is 19.8 Å². The fourth-order valence-electron chi connectivity index (χ4n) is 3.80. The van der Waals surface area contributed by atoms with Crippen LogP contribution in [-0.4, -0.2) is 63.8 Å². The third-order valence-electron chi connectivity index (χ3n) is 5.80. The maximum absolute atomic E-state index is 13.8. The van der Waals surface area contributed by atoms with Crippen molar-refractivity contribution < 1.29 is 18.0 Å². The van der Waals surface area contributed by atoms with Gasteiger partial charge in [0.25, 0.3) is 0 Å². The number of halogens is 3. The molecule has 0 saturated carbocycles. The minimum Gasteiger partial charge on any atom is -0.308 e. The third-order valence-corrected chi connectivity index (χ3v) is 5.80. The van der Waals surface area contributed by atoms with E-state index in [1.54, 1.807) is 37.6 Å². The van der Waals surface area contributed by atoms with E-state index in [4.69, 9.17) is 0 Å². The molecule has 1 aliphatic heterocycles. The lowest BCUT2D eigenvalue weighted by Gasteiger charge is -2.33. The van der Waals surface area contributed by atoms with Crippen molar-refractivity contribution in [2.45, 2.75) is 12.7 Å². The Labute approximate surface area is 207 Å². The predicted octanol–water partition coefficient (Wildman–Crippen LogP) is 3.63. The number of alkyl halides is 3. The molecule has 1 aromatic carbocycles. The number of piperazine rings is 1. The Hall–Kier alpha value is -3.88. The first-order chi connectivity index (χ1) is 17.2. The fraction of sp³-hybridized carbons (Fsp3) is 0.320. The van der Waals surface area contributed by atoms with Gasteiger partial charge in [-0.1, -0.05) is 12.0 Å². The topological polar surface area (TPSA) is 78.3 Å². The number of pyridine rings is 1. The van der Waals surface area contributed by atoms with Crippen molar-refractivity contribution in [3.63, 3.8) is 0 Å². The molecule has 4 rings (SSSR count). The standard InChI is InChI=1S/C25H26F3N7O/c1-33-11-13-35(14-12-33)17-19-4-5-20(15-22(19)25(26,27)28)30-24(36)31-23-16-21(34(2)32-23)6-3-18-7-9-29-10-8-18/h4-5,7-10,15-16H,11-14,17H2,1-2H3,(H2,30,31,32,36). The van der Waals surface area contributed by atoms with Gasteiger partial charge in [0.15, 0.2) is 5.82 Å². The summed E-state index contributed by atoms with van der Waals surface area (Å²) in [7, 11) is 3.67. The summed E-state index contributed by atoms with van der Waals surface area (Å²) in [5.41, 5.74) is 0.784. The van der Waals surface area contributed by atoms with E-state index in [2.05, 4.69) is 37.5 Å². The number of likely N-dealkylation sites (N-methyl/N-ethyl adjacent to an activating group) is 1. The number of carbonyl (C=O) groups is 1. The highest BCUT2D eigenvalue weighted by atomic mass is 19.4. The van der Waals surface area contributed by atoms with Crippen LogP contribution in [0.1, 0.15) is 22.4 Å². The largest absolute Gasteiger partial charge is 0.416 e. The van der Waals surface area contributed by atoms with Crippen molar-refractivity contribution in [3.8, 4) is 11.8 Å². The molecule has 2 N–H and O–H groups in total. The summed E-state index contributed by atoms with van der Waals surface area (Å²) in [4.78, 5) is 20.5. The van der Waals surface area contributed by atoms with E-state index in [-0.39, 0.29) is 23.6 Å². The van der Waals surface area contributed by atoms with Crippen LogP contribution in [0.3, 0.4) is 0 Å². The van der Waals surface area contributed by atoms with Crippen LogP contribution in [0.5, 0.6) is 0 Å². The highest BCUT2D eigenvalue weighted by Crippen LogP contribution is 2.34. The molecule has 36 heavy (non-hydrogen) atoms. The quantitative estimate of drug-likeness (QED) is 0.539. The van der Waals surface area contributed by atoms with Crippen LogP contribution >= 0.6 is 0 Å². The van der Waals surface area contributed by atoms with Gasteiger partial charge in [-0.05, 0) is 42.8 Å². The molecule has 1 aliphatic rings. The first kappa shape index (κ1) is 25.2. The molecule has 0 aliphatic carbocycles. The van der Waals surface area contributed by atoms with Gasteiger partial charge in [0.1, 0.15) is 5.69 Å².